The number of hydrogen-bond acceptors (Lipinski definition) is 4. The van der Waals surface area contributed by atoms with E-state index in [0.29, 0.717) is 11.4 Å². The van der Waals surface area contributed by atoms with E-state index in [1.54, 1.807) is 6.07 Å². The van der Waals surface area contributed by atoms with Gasteiger partial charge in [0.2, 0.25) is 0 Å². The lowest BCUT2D eigenvalue weighted by atomic mass is 9.76. The Kier molecular flexibility index (Phi) is 8.24. The second kappa shape index (κ2) is 14.0. The highest BCUT2D eigenvalue weighted by Gasteiger charge is 2.27. The third-order valence-corrected chi connectivity index (χ3v) is 12.1. The summed E-state index contributed by atoms with van der Waals surface area (Å²) in [6, 6.07) is 64.8. The second-order valence-corrected chi connectivity index (χ2v) is 15.9. The molecule has 0 aliphatic rings. The summed E-state index contributed by atoms with van der Waals surface area (Å²) < 4.78 is 8.73. The van der Waals surface area contributed by atoms with E-state index in [4.69, 9.17) is 14.4 Å². The minimum atomic E-state index is -0.367. The molecule has 0 saturated heterocycles. The highest BCUT2D eigenvalue weighted by molar-refractivity contribution is 6.22. The van der Waals surface area contributed by atoms with Gasteiger partial charge in [-0.1, -0.05) is 153 Å². The molecule has 0 unspecified atom stereocenters. The molecule has 0 radical (unpaired) electrons. The van der Waals surface area contributed by atoms with Crippen LogP contribution in [0.1, 0.15) is 25.0 Å². The van der Waals surface area contributed by atoms with Crippen LogP contribution in [0.25, 0.3) is 94.3 Å². The maximum Gasteiger partial charge on any atom is 0.149 e. The number of benzene rings is 8. The van der Waals surface area contributed by atoms with Gasteiger partial charge >= 0.3 is 0 Å². The molecule has 0 spiro atoms. The fraction of sp³-hybridized carbons (Fsp3) is 0.0545. The van der Waals surface area contributed by atoms with Gasteiger partial charge in [-0.05, 0) is 81.6 Å². The van der Waals surface area contributed by atoms with Crippen LogP contribution in [-0.4, -0.2) is 19.6 Å². The molecule has 5 nitrogen and oxygen atoms in total. The standard InChI is InChI=1S/C55H39N3O2/c1-55(2,39-19-7-4-8-20-39)40-33-37(32-38(34-40)52-51-49(30-31-56-52)60-48-29-28-36-18-9-10-22-42(36)50(48)51)43-24-15-26-46-53(43)57-54(44-23-12-14-27-47(44)59)58(46)45-25-13-11-21-41(45)35-16-5-3-6-17-35/h3-34,59H,1-2H3. The number of para-hydroxylation sites is 3. The molecule has 1 N–H and O–H groups in total. The predicted molar refractivity (Wildman–Crippen MR) is 246 cm³/mol. The fourth-order valence-electron chi connectivity index (χ4n) is 8.95. The summed E-state index contributed by atoms with van der Waals surface area (Å²) >= 11 is 0. The summed E-state index contributed by atoms with van der Waals surface area (Å²) in [4.78, 5) is 10.6. The van der Waals surface area contributed by atoms with Gasteiger partial charge in [0.15, 0.2) is 0 Å². The van der Waals surface area contributed by atoms with Crippen LogP contribution < -0.4 is 0 Å². The molecule has 8 aromatic carbocycles. The van der Waals surface area contributed by atoms with Gasteiger partial charge in [0.05, 0.1) is 33.4 Å². The number of pyridine rings is 1. The number of fused-ring (bicyclic) bond motifs is 6. The number of aromatic hydroxyl groups is 1. The van der Waals surface area contributed by atoms with E-state index < -0.39 is 0 Å². The van der Waals surface area contributed by atoms with Gasteiger partial charge in [-0.25, -0.2) is 4.98 Å². The number of rotatable bonds is 7. The largest absolute Gasteiger partial charge is 0.507 e. The van der Waals surface area contributed by atoms with Crippen LogP contribution in [0.4, 0.5) is 0 Å². The molecule has 0 atom stereocenters. The molecular weight excluding hydrogens is 735 g/mol. The molecular formula is C55H39N3O2. The fourth-order valence-corrected chi connectivity index (χ4v) is 8.95. The first-order valence-corrected chi connectivity index (χ1v) is 20.3. The molecule has 0 bridgehead atoms. The lowest BCUT2D eigenvalue weighted by Crippen LogP contribution is -2.19. The van der Waals surface area contributed by atoms with Crippen LogP contribution in [0.2, 0.25) is 0 Å². The molecule has 11 rings (SSSR count). The number of hydrogen-bond donors (Lipinski definition) is 1. The number of aromatic nitrogens is 3. The van der Waals surface area contributed by atoms with Gasteiger partial charge in [0, 0.05) is 33.7 Å². The summed E-state index contributed by atoms with van der Waals surface area (Å²) in [7, 11) is 0. The predicted octanol–water partition coefficient (Wildman–Crippen LogP) is 14.2. The minimum Gasteiger partial charge on any atom is -0.507 e. The zero-order valence-electron chi connectivity index (χ0n) is 33.2. The average molecular weight is 774 g/mol. The quantitative estimate of drug-likeness (QED) is 0.175. The van der Waals surface area contributed by atoms with Crippen LogP contribution in [0.3, 0.4) is 0 Å². The Morgan fingerprint density at radius 3 is 2.05 bits per heavy atom. The van der Waals surface area contributed by atoms with Gasteiger partial charge in [0.25, 0.3) is 0 Å². The Hall–Kier alpha value is -7.76. The van der Waals surface area contributed by atoms with Crippen molar-refractivity contribution in [2.45, 2.75) is 19.3 Å². The number of nitrogens with zero attached hydrogens (tertiary/aromatic N) is 3. The monoisotopic (exact) mass is 773 g/mol. The van der Waals surface area contributed by atoms with E-state index in [1.165, 1.54) is 5.56 Å². The van der Waals surface area contributed by atoms with Crippen molar-refractivity contribution in [1.29, 1.82) is 0 Å². The average Bonchev–Trinajstić information content (AvgIpc) is 3.89. The summed E-state index contributed by atoms with van der Waals surface area (Å²) in [5, 5.41) is 15.7. The van der Waals surface area contributed by atoms with Crippen molar-refractivity contribution >= 4 is 43.7 Å². The van der Waals surface area contributed by atoms with E-state index in [-0.39, 0.29) is 11.2 Å². The molecule has 3 heterocycles. The van der Waals surface area contributed by atoms with E-state index in [1.807, 2.05) is 36.5 Å². The maximum atomic E-state index is 11.4. The van der Waals surface area contributed by atoms with E-state index in [0.717, 1.165) is 88.5 Å². The summed E-state index contributed by atoms with van der Waals surface area (Å²) in [5.74, 6) is 0.823. The zero-order chi connectivity index (χ0) is 40.4. The molecule has 3 aromatic heterocycles. The smallest absolute Gasteiger partial charge is 0.149 e. The maximum absolute atomic E-state index is 11.4. The first-order valence-electron chi connectivity index (χ1n) is 20.3. The molecule has 0 amide bonds. The highest BCUT2D eigenvalue weighted by Crippen LogP contribution is 2.45. The first kappa shape index (κ1) is 35.4. The van der Waals surface area contributed by atoms with Gasteiger partial charge < -0.3 is 9.52 Å². The van der Waals surface area contributed by atoms with Crippen LogP contribution in [-0.2, 0) is 5.41 Å². The topological polar surface area (TPSA) is 64.1 Å². The third kappa shape index (κ3) is 5.70. The summed E-state index contributed by atoms with van der Waals surface area (Å²) in [6.07, 6.45) is 1.85. The number of phenols is 1. The van der Waals surface area contributed by atoms with Crippen LogP contribution >= 0.6 is 0 Å². The van der Waals surface area contributed by atoms with Crippen LogP contribution in [0.5, 0.6) is 5.75 Å². The van der Waals surface area contributed by atoms with Crippen molar-refractivity contribution < 1.29 is 9.52 Å². The van der Waals surface area contributed by atoms with Crippen molar-refractivity contribution in [2.24, 2.45) is 0 Å². The molecule has 0 saturated carbocycles. The van der Waals surface area contributed by atoms with Crippen LogP contribution in [0, 0.1) is 0 Å². The van der Waals surface area contributed by atoms with Crippen molar-refractivity contribution in [1.82, 2.24) is 14.5 Å². The summed E-state index contributed by atoms with van der Waals surface area (Å²) in [6.45, 7) is 4.57. The summed E-state index contributed by atoms with van der Waals surface area (Å²) in [5.41, 5.74) is 13.0. The molecule has 11 aromatic rings. The normalized spacial score (nSPS) is 11.9. The Morgan fingerprint density at radius 2 is 1.22 bits per heavy atom. The Bertz CT molecular complexity index is 3420. The number of phenolic OH excluding ortho intramolecular Hbond substituents is 1. The zero-order valence-corrected chi connectivity index (χ0v) is 33.2. The molecule has 0 aliphatic carbocycles. The van der Waals surface area contributed by atoms with Crippen LogP contribution in [0.15, 0.2) is 199 Å². The SMILES string of the molecule is CC(C)(c1ccccc1)c1cc(-c2cccc3c2nc(-c2ccccc2O)n3-c2ccccc2-c2ccccc2)cc(-c2nccc3oc4ccc5ccccc5c4c23)c1. The molecule has 0 aliphatic heterocycles. The number of furan rings is 1. The van der Waals surface area contributed by atoms with Crippen molar-refractivity contribution in [3.8, 4) is 56.3 Å². The van der Waals surface area contributed by atoms with E-state index >= 15 is 0 Å². The van der Waals surface area contributed by atoms with Crippen molar-refractivity contribution in [2.75, 3.05) is 0 Å². The van der Waals surface area contributed by atoms with Crippen molar-refractivity contribution in [3.05, 3.63) is 205 Å². The third-order valence-electron chi connectivity index (χ3n) is 12.1. The lowest BCUT2D eigenvalue weighted by molar-refractivity contribution is 0.477. The molecule has 60 heavy (non-hydrogen) atoms. The van der Waals surface area contributed by atoms with Gasteiger partial charge in [-0.15, -0.1) is 0 Å². The van der Waals surface area contributed by atoms with Gasteiger partial charge in [0.1, 0.15) is 22.7 Å². The molecule has 286 valence electrons. The first-order chi connectivity index (χ1) is 29.4. The lowest BCUT2D eigenvalue weighted by Gasteiger charge is -2.27. The Balaban J connectivity index is 1.21. The molecule has 5 heteroatoms. The van der Waals surface area contributed by atoms with Crippen molar-refractivity contribution in [3.63, 3.8) is 0 Å². The van der Waals surface area contributed by atoms with E-state index in [2.05, 4.69) is 170 Å². The molecule has 0 fully saturated rings. The highest BCUT2D eigenvalue weighted by atomic mass is 16.3. The minimum absolute atomic E-state index is 0.167. The Morgan fingerprint density at radius 1 is 0.533 bits per heavy atom. The van der Waals surface area contributed by atoms with E-state index in [9.17, 15) is 5.11 Å². The van der Waals surface area contributed by atoms with Gasteiger partial charge in [-0.2, -0.15) is 0 Å². The second-order valence-electron chi connectivity index (χ2n) is 15.9. The Labute approximate surface area is 347 Å². The number of imidazole rings is 1. The van der Waals surface area contributed by atoms with Gasteiger partial charge in [-0.3, -0.25) is 9.55 Å².